The van der Waals surface area contributed by atoms with Crippen molar-refractivity contribution in [1.82, 2.24) is 15.1 Å². The number of likely N-dealkylation sites (tertiary alicyclic amines) is 1. The molecule has 3 rings (SSSR count). The number of amides is 2. The van der Waals surface area contributed by atoms with Crippen LogP contribution in [0.3, 0.4) is 0 Å². The fourth-order valence-corrected chi connectivity index (χ4v) is 2.51. The molecule has 1 saturated heterocycles. The number of aromatic nitrogens is 2. The number of rotatable bonds is 3. The minimum absolute atomic E-state index is 0.140. The predicted octanol–water partition coefficient (Wildman–Crippen LogP) is 1.04. The number of β-amino-alcohol motifs (C(OH)–C–C–N with tert-alkyl or cyclic N) is 1. The van der Waals surface area contributed by atoms with Crippen LogP contribution >= 0.6 is 0 Å². The summed E-state index contributed by atoms with van der Waals surface area (Å²) in [5.74, 6) is 0. The standard InChI is InChI=1S/C15H18N4O3/c20-10-15(22)6-8-19(9-15)14(21)17-12-3-1-11(2-4-12)13-5-7-16-18-13/h1-5,7,20,22H,6,8-10H2,(H,16,18)(H,17,21)/t15-/m0/s1. The van der Waals surface area contributed by atoms with Crippen molar-refractivity contribution in [2.24, 2.45) is 0 Å². The Kier molecular flexibility index (Phi) is 3.82. The number of nitrogens with one attached hydrogen (secondary N) is 2. The third-order valence-electron chi connectivity index (χ3n) is 3.86. The highest BCUT2D eigenvalue weighted by Gasteiger charge is 2.37. The first-order valence-electron chi connectivity index (χ1n) is 7.09. The van der Waals surface area contributed by atoms with Gasteiger partial charge in [-0.2, -0.15) is 5.10 Å². The largest absolute Gasteiger partial charge is 0.393 e. The molecule has 0 bridgehead atoms. The number of hydrogen-bond donors (Lipinski definition) is 4. The summed E-state index contributed by atoms with van der Waals surface area (Å²) in [4.78, 5) is 13.6. The lowest BCUT2D eigenvalue weighted by Crippen LogP contribution is -2.40. The highest BCUT2D eigenvalue weighted by Crippen LogP contribution is 2.22. The van der Waals surface area contributed by atoms with Crippen LogP contribution in [0.1, 0.15) is 6.42 Å². The van der Waals surface area contributed by atoms with Crippen LogP contribution in [-0.2, 0) is 0 Å². The fraction of sp³-hybridized carbons (Fsp3) is 0.333. The van der Waals surface area contributed by atoms with Gasteiger partial charge in [-0.05, 0) is 30.2 Å². The molecule has 0 aliphatic carbocycles. The molecule has 2 heterocycles. The Hall–Kier alpha value is -2.38. The quantitative estimate of drug-likeness (QED) is 0.680. The Bertz CT molecular complexity index is 641. The Labute approximate surface area is 127 Å². The SMILES string of the molecule is O=C(Nc1ccc(-c2ccn[nH]2)cc1)N1CC[C@@](O)(CO)C1. The van der Waals surface area contributed by atoms with E-state index in [4.69, 9.17) is 5.11 Å². The number of H-pyrrole nitrogens is 1. The average Bonchev–Trinajstić information content (AvgIpc) is 3.18. The molecule has 0 saturated carbocycles. The van der Waals surface area contributed by atoms with Gasteiger partial charge in [-0.1, -0.05) is 12.1 Å². The molecule has 1 fully saturated rings. The summed E-state index contributed by atoms with van der Waals surface area (Å²) in [5.41, 5.74) is 1.38. The van der Waals surface area contributed by atoms with Crippen LogP contribution in [0.2, 0.25) is 0 Å². The van der Waals surface area contributed by atoms with Crippen LogP contribution < -0.4 is 5.32 Å². The molecule has 116 valence electrons. The molecule has 22 heavy (non-hydrogen) atoms. The maximum absolute atomic E-state index is 12.1. The van der Waals surface area contributed by atoms with Crippen molar-refractivity contribution in [3.63, 3.8) is 0 Å². The van der Waals surface area contributed by atoms with Crippen molar-refractivity contribution in [2.75, 3.05) is 25.0 Å². The first-order valence-corrected chi connectivity index (χ1v) is 7.09. The van der Waals surface area contributed by atoms with Crippen molar-refractivity contribution >= 4 is 11.7 Å². The third-order valence-corrected chi connectivity index (χ3v) is 3.86. The molecule has 7 heteroatoms. The topological polar surface area (TPSA) is 101 Å². The molecule has 1 aromatic carbocycles. The number of aliphatic hydroxyl groups excluding tert-OH is 1. The summed E-state index contributed by atoms with van der Waals surface area (Å²) in [5, 5.41) is 28.6. The van der Waals surface area contributed by atoms with Gasteiger partial charge in [-0.25, -0.2) is 4.79 Å². The maximum atomic E-state index is 12.1. The Morgan fingerprint density at radius 2 is 2.14 bits per heavy atom. The number of aliphatic hydroxyl groups is 2. The highest BCUT2D eigenvalue weighted by molar-refractivity contribution is 5.89. The van der Waals surface area contributed by atoms with Gasteiger partial charge in [0.05, 0.1) is 18.8 Å². The average molecular weight is 302 g/mol. The van der Waals surface area contributed by atoms with Crippen LogP contribution in [0.25, 0.3) is 11.3 Å². The van der Waals surface area contributed by atoms with E-state index in [2.05, 4.69) is 15.5 Å². The highest BCUT2D eigenvalue weighted by atomic mass is 16.3. The van der Waals surface area contributed by atoms with Crippen LogP contribution in [0.15, 0.2) is 36.5 Å². The minimum atomic E-state index is -1.18. The summed E-state index contributed by atoms with van der Waals surface area (Å²) in [6, 6.07) is 8.98. The molecule has 1 aromatic heterocycles. The van der Waals surface area contributed by atoms with E-state index in [1.807, 2.05) is 30.3 Å². The van der Waals surface area contributed by atoms with E-state index in [0.29, 0.717) is 18.7 Å². The van der Waals surface area contributed by atoms with Crippen molar-refractivity contribution in [3.8, 4) is 11.3 Å². The Morgan fingerprint density at radius 3 is 2.73 bits per heavy atom. The van der Waals surface area contributed by atoms with Crippen molar-refractivity contribution < 1.29 is 15.0 Å². The molecular formula is C15H18N4O3. The van der Waals surface area contributed by atoms with E-state index >= 15 is 0 Å². The summed E-state index contributed by atoms with van der Waals surface area (Å²) in [7, 11) is 0. The number of benzene rings is 1. The number of nitrogens with zero attached hydrogens (tertiary/aromatic N) is 2. The van der Waals surface area contributed by atoms with E-state index in [9.17, 15) is 9.90 Å². The zero-order valence-electron chi connectivity index (χ0n) is 12.0. The molecule has 0 unspecified atom stereocenters. The summed E-state index contributed by atoms with van der Waals surface area (Å²) >= 11 is 0. The second-order valence-electron chi connectivity index (χ2n) is 5.53. The monoisotopic (exact) mass is 302 g/mol. The van der Waals surface area contributed by atoms with Crippen molar-refractivity contribution in [2.45, 2.75) is 12.0 Å². The number of urea groups is 1. The smallest absolute Gasteiger partial charge is 0.321 e. The van der Waals surface area contributed by atoms with E-state index in [1.54, 1.807) is 6.20 Å². The molecule has 1 atom stereocenters. The molecule has 1 aliphatic heterocycles. The van der Waals surface area contributed by atoms with E-state index in [1.165, 1.54) is 4.90 Å². The molecule has 0 spiro atoms. The molecule has 0 radical (unpaired) electrons. The van der Waals surface area contributed by atoms with Crippen molar-refractivity contribution in [3.05, 3.63) is 36.5 Å². The van der Waals surface area contributed by atoms with E-state index < -0.39 is 5.60 Å². The van der Waals surface area contributed by atoms with Gasteiger partial charge in [-0.15, -0.1) is 0 Å². The van der Waals surface area contributed by atoms with E-state index in [-0.39, 0.29) is 19.2 Å². The Balaban J connectivity index is 1.63. The van der Waals surface area contributed by atoms with Gasteiger partial charge < -0.3 is 20.4 Å². The molecule has 4 N–H and O–H groups in total. The number of carbonyl (C=O) groups is 1. The summed E-state index contributed by atoms with van der Waals surface area (Å²) < 4.78 is 0. The lowest BCUT2D eigenvalue weighted by molar-refractivity contribution is -0.00246. The maximum Gasteiger partial charge on any atom is 0.321 e. The zero-order chi connectivity index (χ0) is 15.6. The number of carbonyl (C=O) groups excluding carboxylic acids is 1. The second kappa shape index (κ2) is 5.78. The van der Waals surface area contributed by atoms with E-state index in [0.717, 1.165) is 11.3 Å². The summed E-state index contributed by atoms with van der Waals surface area (Å²) in [6.45, 7) is 0.229. The predicted molar refractivity (Wildman–Crippen MR) is 81.3 cm³/mol. The molecule has 2 aromatic rings. The Morgan fingerprint density at radius 1 is 1.36 bits per heavy atom. The van der Waals surface area contributed by atoms with Gasteiger partial charge in [0.1, 0.15) is 5.60 Å². The van der Waals surface area contributed by atoms with Gasteiger partial charge in [0.25, 0.3) is 0 Å². The summed E-state index contributed by atoms with van der Waals surface area (Å²) in [6.07, 6.45) is 2.07. The second-order valence-corrected chi connectivity index (χ2v) is 5.53. The molecular weight excluding hydrogens is 284 g/mol. The molecule has 1 aliphatic rings. The van der Waals surface area contributed by atoms with Crippen LogP contribution in [-0.4, -0.2) is 56.6 Å². The number of hydrogen-bond acceptors (Lipinski definition) is 4. The number of anilines is 1. The fourth-order valence-electron chi connectivity index (χ4n) is 2.51. The normalized spacial score (nSPS) is 21.1. The van der Waals surface area contributed by atoms with Crippen LogP contribution in [0.5, 0.6) is 0 Å². The van der Waals surface area contributed by atoms with Crippen LogP contribution in [0.4, 0.5) is 10.5 Å². The van der Waals surface area contributed by atoms with Gasteiger partial charge >= 0.3 is 6.03 Å². The van der Waals surface area contributed by atoms with Gasteiger partial charge in [0.2, 0.25) is 0 Å². The van der Waals surface area contributed by atoms with Gasteiger partial charge in [0, 0.05) is 18.4 Å². The lowest BCUT2D eigenvalue weighted by atomic mass is 10.1. The van der Waals surface area contributed by atoms with Crippen LogP contribution in [0, 0.1) is 0 Å². The first kappa shape index (κ1) is 14.6. The minimum Gasteiger partial charge on any atom is -0.393 e. The third kappa shape index (κ3) is 2.95. The lowest BCUT2D eigenvalue weighted by Gasteiger charge is -2.21. The van der Waals surface area contributed by atoms with Gasteiger partial charge in [0.15, 0.2) is 0 Å². The number of aromatic amines is 1. The van der Waals surface area contributed by atoms with Gasteiger partial charge in [-0.3, -0.25) is 5.10 Å². The molecule has 2 amide bonds. The van der Waals surface area contributed by atoms with Crippen molar-refractivity contribution in [1.29, 1.82) is 0 Å². The zero-order valence-corrected chi connectivity index (χ0v) is 12.0. The molecule has 7 nitrogen and oxygen atoms in total. The first-order chi connectivity index (χ1) is 10.6.